The van der Waals surface area contributed by atoms with Crippen molar-refractivity contribution in [3.63, 3.8) is 0 Å². The first-order valence-electron chi connectivity index (χ1n) is 4.67. The molecular weight excluding hydrogens is 338 g/mol. The maximum atomic E-state index is 10.7. The van der Waals surface area contributed by atoms with Crippen molar-refractivity contribution < 1.29 is 9.90 Å². The summed E-state index contributed by atoms with van der Waals surface area (Å²) < 4.78 is 1.90. The SMILES string of the molecule is Cc1c(Br)cc(Br)c2c(CC(=O)O)c[nH]c12. The van der Waals surface area contributed by atoms with E-state index < -0.39 is 5.97 Å². The molecule has 5 heteroatoms. The molecule has 16 heavy (non-hydrogen) atoms. The smallest absolute Gasteiger partial charge is 0.307 e. The van der Waals surface area contributed by atoms with Crippen LogP contribution >= 0.6 is 31.9 Å². The standard InChI is InChI=1S/C11H9Br2NO2/c1-5-7(12)3-8(13)10-6(2-9(15)16)4-14-11(5)10/h3-4,14H,2H2,1H3,(H,15,16). The van der Waals surface area contributed by atoms with Crippen molar-refractivity contribution in [3.8, 4) is 0 Å². The molecule has 0 amide bonds. The van der Waals surface area contributed by atoms with Crippen LogP contribution in [0.15, 0.2) is 21.2 Å². The van der Waals surface area contributed by atoms with E-state index in [9.17, 15) is 4.79 Å². The zero-order valence-corrected chi connectivity index (χ0v) is 11.6. The number of hydrogen-bond donors (Lipinski definition) is 2. The van der Waals surface area contributed by atoms with E-state index in [1.54, 1.807) is 6.20 Å². The van der Waals surface area contributed by atoms with Crippen LogP contribution < -0.4 is 0 Å². The Morgan fingerprint density at radius 2 is 2.12 bits per heavy atom. The Morgan fingerprint density at radius 1 is 1.44 bits per heavy atom. The van der Waals surface area contributed by atoms with Crippen LogP contribution in [0.25, 0.3) is 10.9 Å². The van der Waals surface area contributed by atoms with E-state index >= 15 is 0 Å². The van der Waals surface area contributed by atoms with E-state index in [0.717, 1.165) is 31.0 Å². The van der Waals surface area contributed by atoms with Crippen molar-refractivity contribution >= 4 is 48.7 Å². The van der Waals surface area contributed by atoms with E-state index in [2.05, 4.69) is 36.8 Å². The quantitative estimate of drug-likeness (QED) is 0.872. The van der Waals surface area contributed by atoms with Gasteiger partial charge in [-0.1, -0.05) is 31.9 Å². The van der Waals surface area contributed by atoms with Crippen LogP contribution in [-0.2, 0) is 11.2 Å². The van der Waals surface area contributed by atoms with Gasteiger partial charge in [0.1, 0.15) is 0 Å². The summed E-state index contributed by atoms with van der Waals surface area (Å²) in [6.45, 7) is 1.99. The summed E-state index contributed by atoms with van der Waals surface area (Å²) in [5, 5.41) is 9.77. The minimum Gasteiger partial charge on any atom is -0.481 e. The fraction of sp³-hybridized carbons (Fsp3) is 0.182. The van der Waals surface area contributed by atoms with Crippen LogP contribution in [0.2, 0.25) is 0 Å². The number of carbonyl (C=O) groups is 1. The number of fused-ring (bicyclic) bond motifs is 1. The highest BCUT2D eigenvalue weighted by atomic mass is 79.9. The summed E-state index contributed by atoms with van der Waals surface area (Å²) in [7, 11) is 0. The van der Waals surface area contributed by atoms with Crippen molar-refractivity contribution in [2.45, 2.75) is 13.3 Å². The Bertz CT molecular complexity index is 575. The zero-order valence-electron chi connectivity index (χ0n) is 8.47. The Morgan fingerprint density at radius 3 is 2.75 bits per heavy atom. The van der Waals surface area contributed by atoms with Gasteiger partial charge in [-0.15, -0.1) is 0 Å². The second-order valence-electron chi connectivity index (χ2n) is 3.60. The van der Waals surface area contributed by atoms with Crippen LogP contribution in [0.3, 0.4) is 0 Å². The zero-order chi connectivity index (χ0) is 11.9. The second-order valence-corrected chi connectivity index (χ2v) is 5.31. The van der Waals surface area contributed by atoms with Crippen LogP contribution in [-0.4, -0.2) is 16.1 Å². The van der Waals surface area contributed by atoms with Gasteiger partial charge in [0.05, 0.1) is 11.9 Å². The number of aromatic nitrogens is 1. The summed E-state index contributed by atoms with van der Waals surface area (Å²) in [5.41, 5.74) is 2.84. The molecule has 0 aliphatic carbocycles. The van der Waals surface area contributed by atoms with E-state index in [1.165, 1.54) is 0 Å². The molecule has 0 atom stereocenters. The second kappa shape index (κ2) is 4.22. The van der Waals surface area contributed by atoms with Crippen molar-refractivity contribution in [3.05, 3.63) is 32.3 Å². The molecule has 0 saturated carbocycles. The van der Waals surface area contributed by atoms with Crippen molar-refractivity contribution in [1.29, 1.82) is 0 Å². The third-order valence-electron chi connectivity index (χ3n) is 2.53. The van der Waals surface area contributed by atoms with Gasteiger partial charge in [-0.2, -0.15) is 0 Å². The number of H-pyrrole nitrogens is 1. The fourth-order valence-corrected chi connectivity index (χ4v) is 3.16. The average molecular weight is 347 g/mol. The molecule has 1 aromatic carbocycles. The van der Waals surface area contributed by atoms with Gasteiger partial charge in [0.25, 0.3) is 0 Å². The molecule has 0 spiro atoms. The van der Waals surface area contributed by atoms with Crippen LogP contribution in [0, 0.1) is 6.92 Å². The third-order valence-corrected chi connectivity index (χ3v) is 3.98. The number of carboxylic acids is 1. The molecule has 84 valence electrons. The van der Waals surface area contributed by atoms with Crippen LogP contribution in [0.5, 0.6) is 0 Å². The first-order valence-corrected chi connectivity index (χ1v) is 6.25. The predicted molar refractivity (Wildman–Crippen MR) is 69.8 cm³/mol. The van der Waals surface area contributed by atoms with E-state index in [4.69, 9.17) is 5.11 Å². The molecule has 2 aromatic rings. The maximum absolute atomic E-state index is 10.7. The lowest BCUT2D eigenvalue weighted by molar-refractivity contribution is -0.136. The third kappa shape index (κ3) is 1.89. The van der Waals surface area contributed by atoms with Gasteiger partial charge in [-0.3, -0.25) is 4.79 Å². The van der Waals surface area contributed by atoms with Crippen molar-refractivity contribution in [2.24, 2.45) is 0 Å². The van der Waals surface area contributed by atoms with E-state index in [0.29, 0.717) is 0 Å². The molecule has 0 fully saturated rings. The predicted octanol–water partition coefficient (Wildman–Crippen LogP) is 3.63. The summed E-state index contributed by atoms with van der Waals surface area (Å²) in [6.07, 6.45) is 1.78. The van der Waals surface area contributed by atoms with Gasteiger partial charge < -0.3 is 10.1 Å². The summed E-state index contributed by atoms with van der Waals surface area (Å²) in [6, 6.07) is 1.94. The molecule has 3 nitrogen and oxygen atoms in total. The Balaban J connectivity index is 2.72. The minimum absolute atomic E-state index is 0.0275. The van der Waals surface area contributed by atoms with Crippen molar-refractivity contribution in [2.75, 3.05) is 0 Å². The molecule has 0 aliphatic heterocycles. The lowest BCUT2D eigenvalue weighted by Gasteiger charge is -2.04. The van der Waals surface area contributed by atoms with Gasteiger partial charge in [0.15, 0.2) is 0 Å². The summed E-state index contributed by atoms with van der Waals surface area (Å²) in [5.74, 6) is -0.826. The number of benzene rings is 1. The highest BCUT2D eigenvalue weighted by Gasteiger charge is 2.13. The average Bonchev–Trinajstić information content (AvgIpc) is 2.58. The van der Waals surface area contributed by atoms with Gasteiger partial charge in [-0.25, -0.2) is 0 Å². The molecule has 0 unspecified atom stereocenters. The highest BCUT2D eigenvalue weighted by molar-refractivity contribution is 9.11. The van der Waals surface area contributed by atoms with E-state index in [-0.39, 0.29) is 6.42 Å². The molecule has 0 aliphatic rings. The number of aromatic amines is 1. The molecule has 2 N–H and O–H groups in total. The maximum Gasteiger partial charge on any atom is 0.307 e. The van der Waals surface area contributed by atoms with E-state index in [1.807, 2.05) is 13.0 Å². The lowest BCUT2D eigenvalue weighted by atomic mass is 10.1. The fourth-order valence-electron chi connectivity index (χ4n) is 1.75. The van der Waals surface area contributed by atoms with Crippen LogP contribution in [0.4, 0.5) is 0 Å². The number of nitrogens with one attached hydrogen (secondary N) is 1. The first-order chi connectivity index (χ1) is 7.50. The molecule has 1 aromatic heterocycles. The summed E-state index contributed by atoms with van der Waals surface area (Å²) >= 11 is 6.92. The number of aliphatic carboxylic acids is 1. The molecule has 0 radical (unpaired) electrons. The molecule has 1 heterocycles. The lowest BCUT2D eigenvalue weighted by Crippen LogP contribution is -1.99. The van der Waals surface area contributed by atoms with Gasteiger partial charge >= 0.3 is 5.97 Å². The summed E-state index contributed by atoms with van der Waals surface area (Å²) in [4.78, 5) is 13.9. The molecule has 0 saturated heterocycles. The Hall–Kier alpha value is -0.810. The largest absolute Gasteiger partial charge is 0.481 e. The Kier molecular flexibility index (Phi) is 3.08. The van der Waals surface area contributed by atoms with Gasteiger partial charge in [0, 0.05) is 20.5 Å². The molecule has 2 rings (SSSR count). The van der Waals surface area contributed by atoms with Gasteiger partial charge in [0.2, 0.25) is 0 Å². The number of aryl methyl sites for hydroxylation is 1. The molecular formula is C11H9Br2NO2. The normalized spacial score (nSPS) is 10.9. The van der Waals surface area contributed by atoms with Gasteiger partial charge in [-0.05, 0) is 24.1 Å². The van der Waals surface area contributed by atoms with Crippen LogP contribution in [0.1, 0.15) is 11.1 Å². The number of halogens is 2. The Labute approximate surface area is 109 Å². The molecule has 0 bridgehead atoms. The number of rotatable bonds is 2. The first kappa shape index (κ1) is 11.7. The van der Waals surface area contributed by atoms with Crippen molar-refractivity contribution in [1.82, 2.24) is 4.98 Å². The number of carboxylic acid groups (broad SMARTS) is 1. The minimum atomic E-state index is -0.826. The number of hydrogen-bond acceptors (Lipinski definition) is 1. The monoisotopic (exact) mass is 345 g/mol. The highest BCUT2D eigenvalue weighted by Crippen LogP contribution is 2.34. The topological polar surface area (TPSA) is 53.1 Å².